The zero-order valence-corrected chi connectivity index (χ0v) is 30.9. The number of fused-ring (bicyclic) bond motifs is 6. The standard InChI is InChI=1S/C53H34N4/c1-4-15-35(16-5-1)36-27-29-40(30-28-36)52-54-51(39-20-8-3-9-21-39)55-53(56-52)42-33-41-22-11-12-23-43(41)48(34-42)57-47-26-14-25-44(37-17-6-2-7-18-37)49(47)46-32-31-38-19-10-13-24-45(38)50(46)57/h1-34H. The van der Waals surface area contributed by atoms with Crippen LogP contribution in [-0.2, 0) is 0 Å². The van der Waals surface area contributed by atoms with Crippen LogP contribution in [-0.4, -0.2) is 19.5 Å². The summed E-state index contributed by atoms with van der Waals surface area (Å²) in [6, 6.07) is 72.9. The normalized spacial score (nSPS) is 11.5. The van der Waals surface area contributed by atoms with Crippen LogP contribution in [0, 0.1) is 0 Å². The Balaban J connectivity index is 1.18. The number of hydrogen-bond donors (Lipinski definition) is 0. The number of nitrogens with zero attached hydrogens (tertiary/aromatic N) is 4. The molecule has 0 amide bonds. The lowest BCUT2D eigenvalue weighted by Crippen LogP contribution is -2.02. The fraction of sp³-hybridized carbons (Fsp3) is 0. The zero-order valence-electron chi connectivity index (χ0n) is 30.9. The molecule has 11 aromatic rings. The summed E-state index contributed by atoms with van der Waals surface area (Å²) in [5, 5.41) is 7.09. The molecule has 0 aliphatic rings. The van der Waals surface area contributed by atoms with Crippen molar-refractivity contribution in [3.63, 3.8) is 0 Å². The van der Waals surface area contributed by atoms with Crippen molar-refractivity contribution in [1.82, 2.24) is 19.5 Å². The smallest absolute Gasteiger partial charge is 0.164 e. The zero-order chi connectivity index (χ0) is 37.7. The lowest BCUT2D eigenvalue weighted by molar-refractivity contribution is 1.07. The van der Waals surface area contributed by atoms with Gasteiger partial charge in [0.15, 0.2) is 17.5 Å². The van der Waals surface area contributed by atoms with Gasteiger partial charge in [-0.15, -0.1) is 0 Å². The summed E-state index contributed by atoms with van der Waals surface area (Å²) in [4.78, 5) is 15.5. The van der Waals surface area contributed by atoms with E-state index in [2.05, 4.69) is 187 Å². The van der Waals surface area contributed by atoms with Gasteiger partial charge < -0.3 is 4.57 Å². The Morgan fingerprint density at radius 1 is 0.316 bits per heavy atom. The summed E-state index contributed by atoms with van der Waals surface area (Å²) in [5.41, 5.74) is 10.9. The average molecular weight is 727 g/mol. The Morgan fingerprint density at radius 2 is 0.842 bits per heavy atom. The largest absolute Gasteiger partial charge is 0.308 e. The van der Waals surface area contributed by atoms with Crippen LogP contribution in [0.15, 0.2) is 206 Å². The van der Waals surface area contributed by atoms with E-state index in [4.69, 9.17) is 15.0 Å². The van der Waals surface area contributed by atoms with Crippen molar-refractivity contribution >= 4 is 43.4 Å². The van der Waals surface area contributed by atoms with E-state index in [1.54, 1.807) is 0 Å². The molecule has 0 saturated heterocycles. The molecular weight excluding hydrogens is 693 g/mol. The third-order valence-electron chi connectivity index (χ3n) is 11.0. The molecule has 0 atom stereocenters. The van der Waals surface area contributed by atoms with Gasteiger partial charge in [0.25, 0.3) is 0 Å². The Morgan fingerprint density at radius 3 is 1.54 bits per heavy atom. The van der Waals surface area contributed by atoms with E-state index in [0.717, 1.165) is 44.2 Å². The minimum absolute atomic E-state index is 0.619. The van der Waals surface area contributed by atoms with Crippen LogP contribution in [0.5, 0.6) is 0 Å². The average Bonchev–Trinajstić information content (AvgIpc) is 3.64. The van der Waals surface area contributed by atoms with Crippen LogP contribution in [0.25, 0.3) is 105 Å². The first kappa shape index (κ1) is 32.7. The first-order valence-corrected chi connectivity index (χ1v) is 19.3. The van der Waals surface area contributed by atoms with E-state index in [-0.39, 0.29) is 0 Å². The maximum Gasteiger partial charge on any atom is 0.164 e. The molecule has 2 heterocycles. The number of aromatic nitrogens is 4. The molecule has 0 saturated carbocycles. The number of hydrogen-bond acceptors (Lipinski definition) is 3. The van der Waals surface area contributed by atoms with Gasteiger partial charge in [-0.2, -0.15) is 0 Å². The molecule has 0 spiro atoms. The van der Waals surface area contributed by atoms with Crippen molar-refractivity contribution in [3.05, 3.63) is 206 Å². The van der Waals surface area contributed by atoms with E-state index in [0.29, 0.717) is 17.5 Å². The molecule has 4 nitrogen and oxygen atoms in total. The second-order valence-corrected chi connectivity index (χ2v) is 14.4. The van der Waals surface area contributed by atoms with E-state index < -0.39 is 0 Å². The SMILES string of the molecule is c1ccc(-c2ccc(-c3nc(-c4ccccc4)nc(-c4cc(-n5c6cccc(-c7ccccc7)c6c6ccc7ccccc7c65)c5ccccc5c4)n3)cc2)cc1. The van der Waals surface area contributed by atoms with Gasteiger partial charge in [-0.1, -0.05) is 188 Å². The third kappa shape index (κ3) is 5.66. The Labute approximate surface area is 330 Å². The first-order chi connectivity index (χ1) is 28.3. The van der Waals surface area contributed by atoms with Crippen LogP contribution >= 0.6 is 0 Å². The summed E-state index contributed by atoms with van der Waals surface area (Å²) in [6.45, 7) is 0. The van der Waals surface area contributed by atoms with E-state index in [9.17, 15) is 0 Å². The van der Waals surface area contributed by atoms with Gasteiger partial charge in [-0.25, -0.2) is 15.0 Å². The molecule has 0 radical (unpaired) electrons. The number of rotatable bonds is 6. The van der Waals surface area contributed by atoms with Gasteiger partial charge in [0.2, 0.25) is 0 Å². The fourth-order valence-electron chi connectivity index (χ4n) is 8.33. The summed E-state index contributed by atoms with van der Waals surface area (Å²) in [5.74, 6) is 1.88. The lowest BCUT2D eigenvalue weighted by atomic mass is 9.98. The van der Waals surface area contributed by atoms with Crippen molar-refractivity contribution in [3.8, 4) is 62.1 Å². The summed E-state index contributed by atoms with van der Waals surface area (Å²) < 4.78 is 2.47. The highest BCUT2D eigenvalue weighted by atomic mass is 15.0. The maximum absolute atomic E-state index is 5.23. The second-order valence-electron chi connectivity index (χ2n) is 14.4. The van der Waals surface area contributed by atoms with Crippen molar-refractivity contribution in [2.75, 3.05) is 0 Å². The van der Waals surface area contributed by atoms with Gasteiger partial charge in [0, 0.05) is 38.2 Å². The van der Waals surface area contributed by atoms with E-state index >= 15 is 0 Å². The highest BCUT2D eigenvalue weighted by Crippen LogP contribution is 2.43. The molecule has 57 heavy (non-hydrogen) atoms. The predicted molar refractivity (Wildman–Crippen MR) is 236 cm³/mol. The molecule has 0 aliphatic carbocycles. The summed E-state index contributed by atoms with van der Waals surface area (Å²) in [7, 11) is 0. The number of benzene rings is 9. The third-order valence-corrected chi connectivity index (χ3v) is 11.0. The quantitative estimate of drug-likeness (QED) is 0.171. The molecule has 0 N–H and O–H groups in total. The van der Waals surface area contributed by atoms with Gasteiger partial charge in [0.1, 0.15) is 0 Å². The molecule has 4 heteroatoms. The Kier molecular flexibility index (Phi) is 7.78. The molecular formula is C53H34N4. The molecule has 11 rings (SSSR count). The monoisotopic (exact) mass is 726 g/mol. The molecule has 266 valence electrons. The van der Waals surface area contributed by atoms with Gasteiger partial charge in [0.05, 0.1) is 16.7 Å². The summed E-state index contributed by atoms with van der Waals surface area (Å²) in [6.07, 6.45) is 0. The highest BCUT2D eigenvalue weighted by Gasteiger charge is 2.21. The van der Waals surface area contributed by atoms with Crippen molar-refractivity contribution in [1.29, 1.82) is 0 Å². The van der Waals surface area contributed by atoms with Crippen LogP contribution in [0.2, 0.25) is 0 Å². The minimum atomic E-state index is 0.619. The summed E-state index contributed by atoms with van der Waals surface area (Å²) >= 11 is 0. The van der Waals surface area contributed by atoms with Crippen LogP contribution in [0.3, 0.4) is 0 Å². The lowest BCUT2D eigenvalue weighted by Gasteiger charge is -2.16. The van der Waals surface area contributed by atoms with Gasteiger partial charge in [-0.3, -0.25) is 0 Å². The van der Waals surface area contributed by atoms with Gasteiger partial charge >= 0.3 is 0 Å². The molecule has 0 fully saturated rings. The Bertz CT molecular complexity index is 3260. The van der Waals surface area contributed by atoms with Crippen LogP contribution in [0.4, 0.5) is 0 Å². The van der Waals surface area contributed by atoms with Crippen LogP contribution < -0.4 is 0 Å². The highest BCUT2D eigenvalue weighted by molar-refractivity contribution is 6.23. The van der Waals surface area contributed by atoms with Crippen molar-refractivity contribution in [2.45, 2.75) is 0 Å². The van der Waals surface area contributed by atoms with Crippen molar-refractivity contribution in [2.24, 2.45) is 0 Å². The van der Waals surface area contributed by atoms with E-state index in [1.807, 2.05) is 24.3 Å². The molecule has 0 bridgehead atoms. The Hall–Kier alpha value is -7.69. The molecule has 0 aliphatic heterocycles. The predicted octanol–water partition coefficient (Wildman–Crippen LogP) is 13.6. The van der Waals surface area contributed by atoms with Crippen LogP contribution in [0.1, 0.15) is 0 Å². The molecule has 2 aromatic heterocycles. The fourth-order valence-corrected chi connectivity index (χ4v) is 8.33. The maximum atomic E-state index is 5.23. The first-order valence-electron chi connectivity index (χ1n) is 19.3. The minimum Gasteiger partial charge on any atom is -0.308 e. The second kappa shape index (κ2) is 13.6. The topological polar surface area (TPSA) is 43.6 Å². The molecule has 9 aromatic carbocycles. The van der Waals surface area contributed by atoms with E-state index in [1.165, 1.54) is 43.8 Å². The molecule has 0 unspecified atom stereocenters. The van der Waals surface area contributed by atoms with Gasteiger partial charge in [-0.05, 0) is 51.2 Å². The van der Waals surface area contributed by atoms with Crippen molar-refractivity contribution < 1.29 is 0 Å².